The Morgan fingerprint density at radius 1 is 1.13 bits per heavy atom. The van der Waals surface area contributed by atoms with Crippen molar-refractivity contribution in [3.63, 3.8) is 0 Å². The first-order valence-corrected chi connectivity index (χ1v) is 11.3. The molecule has 0 saturated carbocycles. The Bertz CT molecular complexity index is 838. The molecule has 0 aromatic heterocycles. The Labute approximate surface area is 186 Å². The van der Waals surface area contributed by atoms with Crippen molar-refractivity contribution in [1.29, 1.82) is 0 Å². The Morgan fingerprint density at radius 2 is 1.77 bits per heavy atom. The zero-order valence-corrected chi connectivity index (χ0v) is 19.0. The molecule has 162 valence electrons. The van der Waals surface area contributed by atoms with Gasteiger partial charge in [-0.3, -0.25) is 10.1 Å². The normalized spacial score (nSPS) is 12.1. The van der Waals surface area contributed by atoms with E-state index in [4.69, 9.17) is 9.47 Å². The van der Waals surface area contributed by atoms with Crippen LogP contribution in [0.5, 0.6) is 5.75 Å². The van der Waals surface area contributed by atoms with E-state index in [1.165, 1.54) is 0 Å². The van der Waals surface area contributed by atoms with Crippen LogP contribution in [-0.2, 0) is 14.3 Å². The van der Waals surface area contributed by atoms with Crippen LogP contribution in [-0.4, -0.2) is 35.8 Å². The second-order valence-corrected chi connectivity index (χ2v) is 8.54. The topological polar surface area (TPSA) is 84.9 Å². The van der Waals surface area contributed by atoms with Crippen LogP contribution in [0, 0.1) is 5.41 Å². The predicted octanol–water partition coefficient (Wildman–Crippen LogP) is 5.29. The quantitative estimate of drug-likeness (QED) is 0.274. The maximum Gasteiger partial charge on any atom is 0.412 e. The minimum atomic E-state index is -0.627. The monoisotopic (exact) mass is 449 g/mol. The van der Waals surface area contributed by atoms with Crippen molar-refractivity contribution in [3.8, 4) is 5.75 Å². The number of nitrogens with one attached hydrogen (secondary N) is 1. The van der Waals surface area contributed by atoms with E-state index in [0.717, 1.165) is 10.5 Å². The van der Waals surface area contributed by atoms with Crippen LogP contribution >= 0.6 is 24.4 Å². The summed E-state index contributed by atoms with van der Waals surface area (Å²) in [6, 6.07) is 14.0. The zero-order chi connectivity index (χ0) is 22.1. The molecule has 0 radical (unpaired) electrons. The summed E-state index contributed by atoms with van der Waals surface area (Å²) in [7, 11) is 0. The van der Waals surface area contributed by atoms with Crippen LogP contribution in [0.1, 0.15) is 31.9 Å². The molecule has 1 atom stereocenters. The SMILES string of the molecule is CSc1ccc(NC(=O)O[C@@H](c2ccc(O)cc2)C(C)(C)CCOC(=O)CS)cc1. The smallest absolute Gasteiger partial charge is 0.412 e. The highest BCUT2D eigenvalue weighted by Crippen LogP contribution is 2.40. The van der Waals surface area contributed by atoms with Crippen LogP contribution in [0.15, 0.2) is 53.4 Å². The van der Waals surface area contributed by atoms with Gasteiger partial charge in [0.1, 0.15) is 11.9 Å². The van der Waals surface area contributed by atoms with Crippen molar-refractivity contribution in [3.05, 3.63) is 54.1 Å². The number of phenols is 1. The summed E-state index contributed by atoms with van der Waals surface area (Å²) in [5.41, 5.74) is 0.808. The van der Waals surface area contributed by atoms with E-state index in [0.29, 0.717) is 12.1 Å². The number of esters is 1. The predicted molar refractivity (Wildman–Crippen MR) is 122 cm³/mol. The molecule has 2 N–H and O–H groups in total. The van der Waals surface area contributed by atoms with Gasteiger partial charge in [0.2, 0.25) is 0 Å². The summed E-state index contributed by atoms with van der Waals surface area (Å²) in [5, 5.41) is 12.3. The van der Waals surface area contributed by atoms with Crippen molar-refractivity contribution in [2.75, 3.05) is 23.9 Å². The third-order valence-electron chi connectivity index (χ3n) is 4.61. The first-order valence-electron chi connectivity index (χ1n) is 9.42. The minimum Gasteiger partial charge on any atom is -0.508 e. The van der Waals surface area contributed by atoms with E-state index in [9.17, 15) is 14.7 Å². The first kappa shape index (κ1) is 24.0. The molecular formula is C22H27NO5S2. The van der Waals surface area contributed by atoms with Crippen molar-refractivity contribution in [2.24, 2.45) is 5.41 Å². The molecule has 0 heterocycles. The van der Waals surface area contributed by atoms with Gasteiger partial charge in [0, 0.05) is 16.0 Å². The highest BCUT2D eigenvalue weighted by atomic mass is 32.2. The second kappa shape index (κ2) is 11.2. The fourth-order valence-electron chi connectivity index (χ4n) is 2.86. The Kier molecular flexibility index (Phi) is 8.92. The van der Waals surface area contributed by atoms with Gasteiger partial charge in [0.25, 0.3) is 0 Å². The van der Waals surface area contributed by atoms with Gasteiger partial charge in [-0.05, 0) is 54.6 Å². The van der Waals surface area contributed by atoms with Gasteiger partial charge in [-0.25, -0.2) is 4.79 Å². The molecule has 0 unspecified atom stereocenters. The molecule has 8 heteroatoms. The summed E-state index contributed by atoms with van der Waals surface area (Å²) in [6.45, 7) is 4.04. The van der Waals surface area contributed by atoms with E-state index in [2.05, 4.69) is 17.9 Å². The molecule has 1 amide bonds. The van der Waals surface area contributed by atoms with Crippen LogP contribution in [0.3, 0.4) is 0 Å². The van der Waals surface area contributed by atoms with Crippen LogP contribution in [0.4, 0.5) is 10.5 Å². The molecule has 6 nitrogen and oxygen atoms in total. The number of amides is 1. The lowest BCUT2D eigenvalue weighted by atomic mass is 9.80. The van der Waals surface area contributed by atoms with Gasteiger partial charge in [0.15, 0.2) is 0 Å². The van der Waals surface area contributed by atoms with Gasteiger partial charge >= 0.3 is 12.1 Å². The number of hydrogen-bond donors (Lipinski definition) is 3. The molecule has 2 aromatic carbocycles. The molecular weight excluding hydrogens is 422 g/mol. The molecule has 0 saturated heterocycles. The number of carbonyl (C=O) groups excluding carboxylic acids is 2. The number of anilines is 1. The number of rotatable bonds is 9. The van der Waals surface area contributed by atoms with Crippen molar-refractivity contribution >= 4 is 42.1 Å². The number of ether oxygens (including phenoxy) is 2. The lowest BCUT2D eigenvalue weighted by molar-refractivity contribution is -0.141. The lowest BCUT2D eigenvalue weighted by Gasteiger charge is -2.34. The summed E-state index contributed by atoms with van der Waals surface area (Å²) in [5.74, 6) is -0.269. The number of aromatic hydroxyl groups is 1. The third kappa shape index (κ3) is 7.18. The van der Waals surface area contributed by atoms with Crippen molar-refractivity contribution in [1.82, 2.24) is 0 Å². The number of thiol groups is 1. The molecule has 0 spiro atoms. The van der Waals surface area contributed by atoms with E-state index >= 15 is 0 Å². The molecule has 0 aliphatic rings. The maximum absolute atomic E-state index is 12.6. The summed E-state index contributed by atoms with van der Waals surface area (Å²) < 4.78 is 10.9. The van der Waals surface area contributed by atoms with Crippen LogP contribution in [0.25, 0.3) is 0 Å². The first-order chi connectivity index (χ1) is 14.2. The molecule has 0 aliphatic carbocycles. The highest BCUT2D eigenvalue weighted by Gasteiger charge is 2.34. The number of phenolic OH excluding ortho intramolecular Hbond substituents is 1. The molecule has 2 rings (SSSR count). The number of hydrogen-bond acceptors (Lipinski definition) is 7. The Hall–Kier alpha value is -2.32. The maximum atomic E-state index is 12.6. The van der Waals surface area contributed by atoms with Crippen molar-refractivity contribution < 1.29 is 24.2 Å². The second-order valence-electron chi connectivity index (χ2n) is 7.35. The van der Waals surface area contributed by atoms with Crippen LogP contribution in [0.2, 0.25) is 0 Å². The molecule has 2 aromatic rings. The lowest BCUT2D eigenvalue weighted by Crippen LogP contribution is -2.30. The molecule has 0 fully saturated rings. The molecule has 0 bridgehead atoms. The van der Waals surface area contributed by atoms with Gasteiger partial charge in [0.05, 0.1) is 12.4 Å². The standard InChI is InChI=1S/C22H27NO5S2/c1-22(2,12-13-27-19(25)14-29)20(15-4-8-17(24)9-5-15)28-21(26)23-16-6-10-18(30-3)11-7-16/h4-11,20,24,29H,12-14H2,1-3H3,(H,23,26)/t20-/m0/s1. The number of benzene rings is 2. The van der Waals surface area contributed by atoms with Gasteiger partial charge in [-0.15, -0.1) is 11.8 Å². The van der Waals surface area contributed by atoms with Crippen LogP contribution < -0.4 is 5.32 Å². The summed E-state index contributed by atoms with van der Waals surface area (Å²) in [6.07, 6.45) is 1.23. The van der Waals surface area contributed by atoms with E-state index < -0.39 is 23.6 Å². The average molecular weight is 450 g/mol. The average Bonchev–Trinajstić information content (AvgIpc) is 2.73. The third-order valence-corrected chi connectivity index (χ3v) is 5.61. The molecule has 30 heavy (non-hydrogen) atoms. The zero-order valence-electron chi connectivity index (χ0n) is 17.3. The fraction of sp³-hybridized carbons (Fsp3) is 0.364. The molecule has 0 aliphatic heterocycles. The van der Waals surface area contributed by atoms with Gasteiger partial charge in [-0.1, -0.05) is 26.0 Å². The van der Waals surface area contributed by atoms with Gasteiger partial charge < -0.3 is 14.6 Å². The van der Waals surface area contributed by atoms with Crippen molar-refractivity contribution in [2.45, 2.75) is 31.3 Å². The fourth-order valence-corrected chi connectivity index (χ4v) is 3.36. The van der Waals surface area contributed by atoms with E-state index in [1.54, 1.807) is 36.0 Å². The Morgan fingerprint density at radius 3 is 2.33 bits per heavy atom. The van der Waals surface area contributed by atoms with E-state index in [-0.39, 0.29) is 18.1 Å². The van der Waals surface area contributed by atoms with Gasteiger partial charge in [-0.2, -0.15) is 12.6 Å². The summed E-state index contributed by atoms with van der Waals surface area (Å²) >= 11 is 5.51. The Balaban J connectivity index is 2.14. The number of carbonyl (C=O) groups is 2. The minimum absolute atomic E-state index is 0.00997. The summed E-state index contributed by atoms with van der Waals surface area (Å²) in [4.78, 5) is 25.1. The number of thioether (sulfide) groups is 1. The highest BCUT2D eigenvalue weighted by molar-refractivity contribution is 7.98. The van der Waals surface area contributed by atoms with E-state index in [1.807, 2.05) is 44.4 Å². The largest absolute Gasteiger partial charge is 0.508 e.